The maximum absolute atomic E-state index is 13.3. The number of aromatic nitrogens is 1. The molecule has 2 heterocycles. The first-order valence-electron chi connectivity index (χ1n) is 10.1. The fourth-order valence-corrected chi connectivity index (χ4v) is 3.71. The van der Waals surface area contributed by atoms with E-state index in [1.165, 1.54) is 12.8 Å². The number of nitrogens with zero attached hydrogens (tertiary/aromatic N) is 2. The Balaban J connectivity index is 1.44. The van der Waals surface area contributed by atoms with Gasteiger partial charge in [0.2, 0.25) is 0 Å². The normalized spacial score (nSPS) is 19.3. The summed E-state index contributed by atoms with van der Waals surface area (Å²) >= 11 is 5.90. The lowest BCUT2D eigenvalue weighted by Gasteiger charge is -2.36. The number of pyridine rings is 1. The van der Waals surface area contributed by atoms with Crippen LogP contribution in [-0.4, -0.2) is 41.5 Å². The summed E-state index contributed by atoms with van der Waals surface area (Å²) < 4.78 is 5.96. The van der Waals surface area contributed by atoms with Gasteiger partial charge in [0.25, 0.3) is 5.91 Å². The van der Waals surface area contributed by atoms with Gasteiger partial charge in [0, 0.05) is 25.3 Å². The molecule has 2 aromatic rings. The zero-order valence-corrected chi connectivity index (χ0v) is 16.7. The van der Waals surface area contributed by atoms with Gasteiger partial charge in [0.15, 0.2) is 0 Å². The summed E-state index contributed by atoms with van der Waals surface area (Å²) in [5.41, 5.74) is 0.666. The molecule has 0 spiro atoms. The molecule has 1 aromatic heterocycles. The molecule has 1 saturated heterocycles. The van der Waals surface area contributed by atoms with Gasteiger partial charge in [-0.25, -0.2) is 4.98 Å². The second kappa shape index (κ2) is 8.82. The van der Waals surface area contributed by atoms with Crippen molar-refractivity contribution in [3.63, 3.8) is 0 Å². The number of ether oxygens (including phenoxy) is 1. The number of hydrogen-bond donors (Lipinski definition) is 1. The summed E-state index contributed by atoms with van der Waals surface area (Å²) in [6, 6.07) is 11.4. The van der Waals surface area contributed by atoms with Crippen LogP contribution >= 0.6 is 11.6 Å². The minimum Gasteiger partial charge on any atom is -0.492 e. The molecule has 2 fully saturated rings. The fraction of sp³-hybridized carbons (Fsp3) is 0.455. The Kier molecular flexibility index (Phi) is 6.01. The van der Waals surface area contributed by atoms with E-state index in [1.54, 1.807) is 6.20 Å². The third kappa shape index (κ3) is 4.76. The average molecular weight is 400 g/mol. The van der Waals surface area contributed by atoms with E-state index in [4.69, 9.17) is 16.3 Å². The van der Waals surface area contributed by atoms with Gasteiger partial charge < -0.3 is 15.0 Å². The van der Waals surface area contributed by atoms with Gasteiger partial charge in [-0.05, 0) is 62.3 Å². The first kappa shape index (κ1) is 19.1. The molecule has 0 radical (unpaired) electrons. The molecule has 1 aliphatic carbocycles. The van der Waals surface area contributed by atoms with Crippen molar-refractivity contribution in [2.24, 2.45) is 5.92 Å². The highest BCUT2D eigenvalue weighted by molar-refractivity contribution is 6.30. The van der Waals surface area contributed by atoms with Crippen molar-refractivity contribution in [3.05, 3.63) is 53.2 Å². The number of anilines is 1. The molecule has 1 amide bonds. The van der Waals surface area contributed by atoms with Crippen molar-refractivity contribution >= 4 is 23.3 Å². The van der Waals surface area contributed by atoms with Crippen LogP contribution in [0.1, 0.15) is 42.5 Å². The Morgan fingerprint density at radius 3 is 2.82 bits per heavy atom. The molecule has 1 aliphatic heterocycles. The Morgan fingerprint density at radius 1 is 1.18 bits per heavy atom. The summed E-state index contributed by atoms with van der Waals surface area (Å²) in [5, 5.41) is 3.96. The highest BCUT2D eigenvalue weighted by atomic mass is 35.5. The lowest BCUT2D eigenvalue weighted by molar-refractivity contribution is 0.0623. The van der Waals surface area contributed by atoms with E-state index >= 15 is 0 Å². The predicted octanol–water partition coefficient (Wildman–Crippen LogP) is 4.63. The van der Waals surface area contributed by atoms with E-state index in [1.807, 2.05) is 41.3 Å². The molecule has 4 rings (SSSR count). The first-order valence-corrected chi connectivity index (χ1v) is 10.5. The number of rotatable bonds is 7. The molecule has 5 nitrogen and oxygen atoms in total. The van der Waals surface area contributed by atoms with Crippen LogP contribution in [0.15, 0.2) is 42.6 Å². The molecule has 1 N–H and O–H groups in total. The van der Waals surface area contributed by atoms with Gasteiger partial charge >= 0.3 is 0 Å². The van der Waals surface area contributed by atoms with Crippen molar-refractivity contribution in [2.45, 2.75) is 38.1 Å². The van der Waals surface area contributed by atoms with E-state index in [0.717, 1.165) is 31.6 Å². The summed E-state index contributed by atoms with van der Waals surface area (Å²) in [5.74, 6) is 2.19. The van der Waals surface area contributed by atoms with Crippen molar-refractivity contribution in [2.75, 3.05) is 25.0 Å². The predicted molar refractivity (Wildman–Crippen MR) is 111 cm³/mol. The van der Waals surface area contributed by atoms with Crippen LogP contribution in [0.3, 0.4) is 0 Å². The Labute approximate surface area is 171 Å². The summed E-state index contributed by atoms with van der Waals surface area (Å²) in [7, 11) is 0. The van der Waals surface area contributed by atoms with Crippen LogP contribution in [0.25, 0.3) is 0 Å². The largest absolute Gasteiger partial charge is 0.492 e. The highest BCUT2D eigenvalue weighted by Gasteiger charge is 2.29. The Bertz CT molecular complexity index is 808. The lowest BCUT2D eigenvalue weighted by atomic mass is 10.0. The minimum atomic E-state index is 0.0574. The van der Waals surface area contributed by atoms with E-state index in [-0.39, 0.29) is 11.9 Å². The number of piperidine rings is 1. The van der Waals surface area contributed by atoms with Gasteiger partial charge in [-0.15, -0.1) is 0 Å². The van der Waals surface area contributed by atoms with E-state index in [0.29, 0.717) is 35.4 Å². The van der Waals surface area contributed by atoms with Gasteiger partial charge in [-0.3, -0.25) is 4.79 Å². The second-order valence-electron chi connectivity index (χ2n) is 7.64. The van der Waals surface area contributed by atoms with Gasteiger partial charge in [-0.1, -0.05) is 23.7 Å². The smallest absolute Gasteiger partial charge is 0.257 e. The zero-order valence-electron chi connectivity index (χ0n) is 15.9. The second-order valence-corrected chi connectivity index (χ2v) is 8.08. The van der Waals surface area contributed by atoms with Crippen molar-refractivity contribution in [1.82, 2.24) is 9.88 Å². The average Bonchev–Trinajstić information content (AvgIpc) is 3.56. The molecule has 1 atom stereocenters. The summed E-state index contributed by atoms with van der Waals surface area (Å²) in [4.78, 5) is 19.6. The number of hydrogen-bond acceptors (Lipinski definition) is 4. The topological polar surface area (TPSA) is 54.5 Å². The number of halogens is 1. The van der Waals surface area contributed by atoms with Crippen LogP contribution in [0, 0.1) is 5.92 Å². The molecular formula is C22H26ClN3O2. The van der Waals surface area contributed by atoms with E-state index in [2.05, 4.69) is 10.3 Å². The maximum atomic E-state index is 13.3. The molecule has 1 unspecified atom stereocenters. The molecule has 6 heteroatoms. The molecule has 148 valence electrons. The van der Waals surface area contributed by atoms with Gasteiger partial charge in [0.05, 0.1) is 17.2 Å². The number of amides is 1. The maximum Gasteiger partial charge on any atom is 0.257 e. The number of para-hydroxylation sites is 1. The zero-order chi connectivity index (χ0) is 19.3. The SMILES string of the molecule is O=C(c1ccccc1OCC1CC1)N1CCCCC1CNc1ccc(Cl)cn1. The van der Waals surface area contributed by atoms with Gasteiger partial charge in [-0.2, -0.15) is 0 Å². The van der Waals surface area contributed by atoms with E-state index in [9.17, 15) is 4.79 Å². The lowest BCUT2D eigenvalue weighted by Crippen LogP contribution is -2.47. The van der Waals surface area contributed by atoms with Crippen LogP contribution in [-0.2, 0) is 0 Å². The fourth-order valence-electron chi connectivity index (χ4n) is 3.60. The first-order chi connectivity index (χ1) is 13.7. The minimum absolute atomic E-state index is 0.0574. The Morgan fingerprint density at radius 2 is 2.04 bits per heavy atom. The molecule has 0 bridgehead atoms. The third-order valence-electron chi connectivity index (χ3n) is 5.42. The van der Waals surface area contributed by atoms with E-state index < -0.39 is 0 Å². The van der Waals surface area contributed by atoms with Crippen LogP contribution in [0.5, 0.6) is 5.75 Å². The molecule has 1 saturated carbocycles. The summed E-state index contributed by atoms with van der Waals surface area (Å²) in [6.07, 6.45) is 7.23. The number of benzene rings is 1. The van der Waals surface area contributed by atoms with Crippen molar-refractivity contribution in [1.29, 1.82) is 0 Å². The standard InChI is InChI=1S/C22H26ClN3O2/c23-17-10-11-21(24-13-17)25-14-18-5-3-4-12-26(18)22(27)19-6-1-2-7-20(19)28-15-16-8-9-16/h1-2,6-7,10-11,13,16,18H,3-5,8-9,12,14-15H2,(H,24,25). The molecular weight excluding hydrogens is 374 g/mol. The molecule has 1 aromatic carbocycles. The molecule has 2 aliphatic rings. The molecule has 28 heavy (non-hydrogen) atoms. The van der Waals surface area contributed by atoms with Crippen molar-refractivity contribution < 1.29 is 9.53 Å². The van der Waals surface area contributed by atoms with Crippen LogP contribution < -0.4 is 10.1 Å². The van der Waals surface area contributed by atoms with Crippen molar-refractivity contribution in [3.8, 4) is 5.75 Å². The number of carbonyl (C=O) groups is 1. The number of likely N-dealkylation sites (tertiary alicyclic amines) is 1. The van der Waals surface area contributed by atoms with Crippen LogP contribution in [0.2, 0.25) is 5.02 Å². The number of nitrogens with one attached hydrogen (secondary N) is 1. The third-order valence-corrected chi connectivity index (χ3v) is 5.65. The quantitative estimate of drug-likeness (QED) is 0.737. The highest BCUT2D eigenvalue weighted by Crippen LogP contribution is 2.31. The van der Waals surface area contributed by atoms with Gasteiger partial charge in [0.1, 0.15) is 11.6 Å². The Hall–Kier alpha value is -2.27. The summed E-state index contributed by atoms with van der Waals surface area (Å²) in [6.45, 7) is 2.15. The monoisotopic (exact) mass is 399 g/mol. The number of carbonyl (C=O) groups excluding carboxylic acids is 1. The van der Waals surface area contributed by atoms with Crippen LogP contribution in [0.4, 0.5) is 5.82 Å².